The monoisotopic (exact) mass is 525 g/mol. The molecule has 7 heteroatoms. The minimum atomic E-state index is -0.814. The maximum absolute atomic E-state index is 13.2. The zero-order valence-electron chi connectivity index (χ0n) is 18.0. The number of carbonyl (C=O) groups is 2. The summed E-state index contributed by atoms with van der Waals surface area (Å²) in [5.41, 5.74) is 2.56. The van der Waals surface area contributed by atoms with Gasteiger partial charge in [-0.15, -0.1) is 0 Å². The number of aliphatic hydroxyl groups is 1. The number of amides is 1. The van der Waals surface area contributed by atoms with E-state index in [1.807, 2.05) is 13.8 Å². The molecule has 1 amide bonds. The van der Waals surface area contributed by atoms with Gasteiger partial charge in [-0.2, -0.15) is 0 Å². The van der Waals surface area contributed by atoms with Gasteiger partial charge in [0.15, 0.2) is 0 Å². The van der Waals surface area contributed by atoms with Crippen molar-refractivity contribution >= 4 is 50.7 Å². The van der Waals surface area contributed by atoms with Gasteiger partial charge < -0.3 is 9.84 Å². The molecule has 0 aliphatic carbocycles. The van der Waals surface area contributed by atoms with E-state index >= 15 is 0 Å². The normalized spacial score (nSPS) is 17.5. The third-order valence-corrected chi connectivity index (χ3v) is 6.63. The molecule has 0 aromatic heterocycles. The second-order valence-corrected chi connectivity index (χ2v) is 8.90. The van der Waals surface area contributed by atoms with Crippen LogP contribution in [0.15, 0.2) is 76.8 Å². The summed E-state index contributed by atoms with van der Waals surface area (Å²) < 4.78 is 6.41. The highest BCUT2D eigenvalue weighted by molar-refractivity contribution is 9.10. The molecular formula is C26H21BrClNO4. The van der Waals surface area contributed by atoms with Crippen molar-refractivity contribution in [3.05, 3.63) is 98.5 Å². The molecule has 0 bridgehead atoms. The fraction of sp³-hybridized carbons (Fsp3) is 0.154. The first-order valence-electron chi connectivity index (χ1n) is 10.4. The number of halogens is 2. The lowest BCUT2D eigenvalue weighted by Crippen LogP contribution is -2.29. The van der Waals surface area contributed by atoms with E-state index in [-0.39, 0.29) is 11.3 Å². The van der Waals surface area contributed by atoms with Crippen molar-refractivity contribution in [2.45, 2.75) is 19.9 Å². The zero-order chi connectivity index (χ0) is 23.7. The summed E-state index contributed by atoms with van der Waals surface area (Å²) in [6.45, 7) is 4.30. The first-order valence-corrected chi connectivity index (χ1v) is 11.5. The first-order chi connectivity index (χ1) is 15.8. The lowest BCUT2D eigenvalue weighted by atomic mass is 9.94. The number of anilines is 1. The Kier molecular flexibility index (Phi) is 6.58. The molecule has 0 radical (unpaired) electrons. The number of hydrogen-bond acceptors (Lipinski definition) is 4. The summed E-state index contributed by atoms with van der Waals surface area (Å²) >= 11 is 9.48. The molecule has 1 unspecified atom stereocenters. The van der Waals surface area contributed by atoms with Gasteiger partial charge in [-0.1, -0.05) is 45.7 Å². The van der Waals surface area contributed by atoms with Gasteiger partial charge in [0.05, 0.1) is 18.2 Å². The zero-order valence-corrected chi connectivity index (χ0v) is 20.4. The molecule has 3 aromatic rings. The third kappa shape index (κ3) is 4.41. The molecule has 1 atom stereocenters. The predicted molar refractivity (Wildman–Crippen MR) is 133 cm³/mol. The highest BCUT2D eigenvalue weighted by atomic mass is 79.9. The molecule has 168 valence electrons. The van der Waals surface area contributed by atoms with Gasteiger partial charge in [-0.25, -0.2) is 0 Å². The number of rotatable bonds is 5. The molecule has 3 aromatic carbocycles. The Morgan fingerprint density at radius 2 is 1.73 bits per heavy atom. The summed E-state index contributed by atoms with van der Waals surface area (Å²) in [5.74, 6) is -1.01. The SMILES string of the molecule is CCOc1ccc(C2/C(=C(/O)c3ccc(Br)c(C)c3)C(=O)C(=O)N2c2ccc(Cl)cc2)cc1. The lowest BCUT2D eigenvalue weighted by Gasteiger charge is -2.25. The van der Waals surface area contributed by atoms with Crippen LogP contribution in [0.1, 0.15) is 29.7 Å². The van der Waals surface area contributed by atoms with Crippen molar-refractivity contribution in [3.8, 4) is 5.75 Å². The summed E-state index contributed by atoms with van der Waals surface area (Å²) in [7, 11) is 0. The van der Waals surface area contributed by atoms with Crippen molar-refractivity contribution in [3.63, 3.8) is 0 Å². The van der Waals surface area contributed by atoms with Gasteiger partial charge in [0.1, 0.15) is 11.5 Å². The lowest BCUT2D eigenvalue weighted by molar-refractivity contribution is -0.132. The van der Waals surface area contributed by atoms with Crippen LogP contribution in [0, 0.1) is 6.92 Å². The fourth-order valence-corrected chi connectivity index (χ4v) is 4.25. The van der Waals surface area contributed by atoms with Gasteiger partial charge in [0, 0.05) is 20.7 Å². The Hall–Kier alpha value is -3.09. The maximum Gasteiger partial charge on any atom is 0.300 e. The Morgan fingerprint density at radius 1 is 1.06 bits per heavy atom. The highest BCUT2D eigenvalue weighted by Crippen LogP contribution is 2.42. The van der Waals surface area contributed by atoms with Crippen LogP contribution < -0.4 is 9.64 Å². The average Bonchev–Trinajstić information content (AvgIpc) is 3.07. The third-order valence-electron chi connectivity index (χ3n) is 5.49. The fourth-order valence-electron chi connectivity index (χ4n) is 3.88. The van der Waals surface area contributed by atoms with E-state index in [9.17, 15) is 14.7 Å². The van der Waals surface area contributed by atoms with E-state index < -0.39 is 17.7 Å². The highest BCUT2D eigenvalue weighted by Gasteiger charge is 2.47. The van der Waals surface area contributed by atoms with Crippen molar-refractivity contribution in [2.75, 3.05) is 11.5 Å². The van der Waals surface area contributed by atoms with E-state index in [4.69, 9.17) is 16.3 Å². The van der Waals surface area contributed by atoms with Crippen LogP contribution in [0.5, 0.6) is 5.75 Å². The minimum absolute atomic E-state index is 0.0285. The summed E-state index contributed by atoms with van der Waals surface area (Å²) in [6.07, 6.45) is 0. The quantitative estimate of drug-likeness (QED) is 0.236. The van der Waals surface area contributed by atoms with Crippen LogP contribution in [0.2, 0.25) is 5.02 Å². The molecule has 1 aliphatic rings. The second kappa shape index (κ2) is 9.41. The van der Waals surface area contributed by atoms with Crippen LogP contribution in [0.4, 0.5) is 5.69 Å². The largest absolute Gasteiger partial charge is 0.507 e. The van der Waals surface area contributed by atoms with Crippen LogP contribution in [-0.4, -0.2) is 23.4 Å². The number of hydrogen-bond donors (Lipinski definition) is 1. The standard InChI is InChI=1S/C26H21BrClNO4/c1-3-33-20-11-4-16(5-12-20)23-22(24(30)17-6-13-21(27)15(2)14-17)25(31)26(32)29(23)19-9-7-18(28)8-10-19/h4-14,23,30H,3H2,1-2H3/b24-22-. The summed E-state index contributed by atoms with van der Waals surface area (Å²) in [4.78, 5) is 27.8. The van der Waals surface area contributed by atoms with E-state index in [2.05, 4.69) is 15.9 Å². The van der Waals surface area contributed by atoms with Crippen molar-refractivity contribution in [2.24, 2.45) is 0 Å². The van der Waals surface area contributed by atoms with E-state index in [1.54, 1.807) is 66.7 Å². The summed E-state index contributed by atoms with van der Waals surface area (Å²) in [5, 5.41) is 11.7. The number of ether oxygens (including phenoxy) is 1. The molecule has 0 saturated carbocycles. The van der Waals surface area contributed by atoms with Gasteiger partial charge in [0.25, 0.3) is 11.7 Å². The molecule has 5 nitrogen and oxygen atoms in total. The minimum Gasteiger partial charge on any atom is -0.507 e. The first kappa shape index (κ1) is 23.1. The predicted octanol–water partition coefficient (Wildman–Crippen LogP) is 6.44. The summed E-state index contributed by atoms with van der Waals surface area (Å²) in [6, 6.07) is 18.3. The van der Waals surface area contributed by atoms with Gasteiger partial charge in [-0.3, -0.25) is 14.5 Å². The number of benzene rings is 3. The van der Waals surface area contributed by atoms with Crippen molar-refractivity contribution < 1.29 is 19.4 Å². The molecule has 0 spiro atoms. The molecule has 1 saturated heterocycles. The smallest absolute Gasteiger partial charge is 0.300 e. The number of aryl methyl sites for hydroxylation is 1. The van der Waals surface area contributed by atoms with Crippen molar-refractivity contribution in [1.82, 2.24) is 0 Å². The number of aliphatic hydroxyl groups excluding tert-OH is 1. The second-order valence-electron chi connectivity index (χ2n) is 7.61. The van der Waals surface area contributed by atoms with Gasteiger partial charge >= 0.3 is 0 Å². The van der Waals surface area contributed by atoms with E-state index in [1.165, 1.54) is 4.90 Å². The van der Waals surface area contributed by atoms with Gasteiger partial charge in [0.2, 0.25) is 0 Å². The Labute approximate surface area is 205 Å². The molecule has 4 rings (SSSR count). The average molecular weight is 527 g/mol. The van der Waals surface area contributed by atoms with Crippen LogP contribution in [-0.2, 0) is 9.59 Å². The molecule has 33 heavy (non-hydrogen) atoms. The van der Waals surface area contributed by atoms with Gasteiger partial charge in [-0.05, 0) is 73.5 Å². The molecule has 1 fully saturated rings. The van der Waals surface area contributed by atoms with Crippen LogP contribution in [0.25, 0.3) is 5.76 Å². The number of Topliss-reactive ketones (excluding diaryl/α,β-unsaturated/α-hetero) is 1. The number of carbonyl (C=O) groups excluding carboxylic acids is 2. The molecule has 1 heterocycles. The maximum atomic E-state index is 13.2. The number of nitrogens with zero attached hydrogens (tertiary/aromatic N) is 1. The van der Waals surface area contributed by atoms with Crippen LogP contribution in [0.3, 0.4) is 0 Å². The Balaban J connectivity index is 1.91. The number of ketones is 1. The molecule has 1 aliphatic heterocycles. The molecule has 1 N–H and O–H groups in total. The van der Waals surface area contributed by atoms with Crippen LogP contribution >= 0.6 is 27.5 Å². The Morgan fingerprint density at radius 3 is 2.33 bits per heavy atom. The van der Waals surface area contributed by atoms with Crippen molar-refractivity contribution in [1.29, 1.82) is 0 Å². The Bertz CT molecular complexity index is 1250. The van der Waals surface area contributed by atoms with E-state index in [0.29, 0.717) is 34.2 Å². The van der Waals surface area contributed by atoms with E-state index in [0.717, 1.165) is 10.0 Å². The molecular weight excluding hydrogens is 506 g/mol. The topological polar surface area (TPSA) is 66.8 Å².